The number of nitrogens with one attached hydrogen (secondary N) is 1. The van der Waals surface area contributed by atoms with Crippen molar-refractivity contribution in [1.29, 1.82) is 0 Å². The number of nitrogens with zero attached hydrogens (tertiary/aromatic N) is 5. The van der Waals surface area contributed by atoms with Crippen LogP contribution in [0.1, 0.15) is 25.8 Å². The third-order valence-electron chi connectivity index (χ3n) is 8.06. The Morgan fingerprint density at radius 3 is 2.05 bits per heavy atom. The minimum atomic E-state index is 0.394. The van der Waals surface area contributed by atoms with Crippen molar-refractivity contribution < 1.29 is 0 Å². The Kier molecular flexibility index (Phi) is 8.07. The number of aromatic nitrogens is 1. The molecular formula is C36H36N6S. The number of hydrogen-bond donors (Lipinski definition) is 1. The second-order valence-electron chi connectivity index (χ2n) is 10.9. The first-order valence-corrected chi connectivity index (χ1v) is 15.5. The fraction of sp³-hybridized carbons (Fsp3) is 0.194. The predicted molar refractivity (Wildman–Crippen MR) is 185 cm³/mol. The number of benzene rings is 5. The van der Waals surface area contributed by atoms with E-state index in [0.717, 1.165) is 67.2 Å². The van der Waals surface area contributed by atoms with Crippen LogP contribution in [-0.2, 0) is 0 Å². The van der Waals surface area contributed by atoms with Gasteiger partial charge in [-0.15, -0.1) is 21.6 Å². The van der Waals surface area contributed by atoms with Gasteiger partial charge < -0.3 is 15.1 Å². The summed E-state index contributed by atoms with van der Waals surface area (Å²) in [6, 6.07) is 32.1. The maximum atomic E-state index is 4.78. The van der Waals surface area contributed by atoms with Gasteiger partial charge in [0.15, 0.2) is 5.13 Å². The van der Waals surface area contributed by atoms with Crippen molar-refractivity contribution in [3.63, 3.8) is 0 Å². The first-order valence-electron chi connectivity index (χ1n) is 14.6. The average molecular weight is 585 g/mol. The van der Waals surface area contributed by atoms with Crippen molar-refractivity contribution in [2.75, 3.05) is 29.2 Å². The second kappa shape index (κ2) is 12.2. The summed E-state index contributed by atoms with van der Waals surface area (Å²) < 4.78 is 0. The lowest BCUT2D eigenvalue weighted by Gasteiger charge is -2.25. The van der Waals surface area contributed by atoms with Crippen molar-refractivity contribution in [3.8, 4) is 0 Å². The molecule has 0 radical (unpaired) electrons. The van der Waals surface area contributed by atoms with Crippen LogP contribution in [0.3, 0.4) is 0 Å². The summed E-state index contributed by atoms with van der Waals surface area (Å²) >= 11 is 1.63. The van der Waals surface area contributed by atoms with E-state index in [-0.39, 0.29) is 0 Å². The number of azo groups is 1. The smallest absolute Gasteiger partial charge is 0.189 e. The van der Waals surface area contributed by atoms with Gasteiger partial charge in [0, 0.05) is 76.0 Å². The molecule has 0 bridgehead atoms. The molecule has 0 aliphatic rings. The molecule has 0 fully saturated rings. The van der Waals surface area contributed by atoms with Crippen LogP contribution in [-0.4, -0.2) is 25.1 Å². The first-order chi connectivity index (χ1) is 20.9. The highest BCUT2D eigenvalue weighted by Gasteiger charge is 2.15. The van der Waals surface area contributed by atoms with Crippen LogP contribution < -0.4 is 15.1 Å². The normalized spacial score (nSPS) is 12.2. The van der Waals surface area contributed by atoms with Crippen LogP contribution in [0.15, 0.2) is 113 Å². The first kappa shape index (κ1) is 28.4. The molecule has 6 rings (SSSR count). The van der Waals surface area contributed by atoms with E-state index in [2.05, 4.69) is 146 Å². The van der Waals surface area contributed by atoms with Gasteiger partial charge in [-0.3, -0.25) is 0 Å². The van der Waals surface area contributed by atoms with Crippen molar-refractivity contribution in [2.45, 2.75) is 33.2 Å². The molecule has 0 aliphatic heterocycles. The molecule has 6 nitrogen and oxygen atoms in total. The Labute approximate surface area is 257 Å². The number of thiazole rings is 1. The molecular weight excluding hydrogens is 549 g/mol. The van der Waals surface area contributed by atoms with E-state index < -0.39 is 0 Å². The number of hydrogen-bond acceptors (Lipinski definition) is 7. The molecule has 216 valence electrons. The molecule has 0 saturated carbocycles. The molecule has 5 aromatic carbocycles. The number of anilines is 5. The summed E-state index contributed by atoms with van der Waals surface area (Å²) in [6.45, 7) is 6.55. The van der Waals surface area contributed by atoms with E-state index in [9.17, 15) is 0 Å². The standard InChI is InChI=1S/C36H36N6S/c1-6-25(3)38-31-16-17-32(28-12-8-7-11-27(28)31)39-40-33-18-20-35(30-14-10-9-13-29(30)33)42(5)34-19-15-26(23-24(34)2)41(4)36-37-21-22-43-36/h7-23,25,38H,6H2,1-5H3/b40-39+. The van der Waals surface area contributed by atoms with Gasteiger partial charge in [0.1, 0.15) is 0 Å². The third kappa shape index (κ3) is 5.68. The van der Waals surface area contributed by atoms with E-state index >= 15 is 0 Å². The summed E-state index contributed by atoms with van der Waals surface area (Å²) in [5.41, 5.74) is 7.39. The fourth-order valence-electron chi connectivity index (χ4n) is 5.46. The topological polar surface area (TPSA) is 56.1 Å². The molecule has 0 spiro atoms. The van der Waals surface area contributed by atoms with Crippen LogP contribution >= 0.6 is 11.3 Å². The lowest BCUT2D eigenvalue weighted by atomic mass is 10.0. The molecule has 1 aromatic heterocycles. The third-order valence-corrected chi connectivity index (χ3v) is 8.90. The van der Waals surface area contributed by atoms with Crippen LogP contribution in [0, 0.1) is 6.92 Å². The Balaban J connectivity index is 1.33. The monoisotopic (exact) mass is 584 g/mol. The molecule has 43 heavy (non-hydrogen) atoms. The second-order valence-corrected chi connectivity index (χ2v) is 11.8. The van der Waals surface area contributed by atoms with Gasteiger partial charge in [-0.05, 0) is 68.3 Å². The SMILES string of the molecule is CCC(C)Nc1ccc(/N=N/c2ccc(N(C)c3ccc(N(C)c4nccs4)cc3C)c3ccccc23)c2ccccc12. The van der Waals surface area contributed by atoms with E-state index in [0.29, 0.717) is 6.04 Å². The fourth-order valence-corrected chi connectivity index (χ4v) is 6.09. The molecule has 0 amide bonds. The Morgan fingerprint density at radius 2 is 1.40 bits per heavy atom. The molecule has 1 atom stereocenters. The highest BCUT2D eigenvalue weighted by Crippen LogP contribution is 2.40. The number of aryl methyl sites for hydroxylation is 1. The summed E-state index contributed by atoms with van der Waals surface area (Å²) in [4.78, 5) is 8.82. The lowest BCUT2D eigenvalue weighted by Crippen LogP contribution is -2.13. The molecule has 0 aliphatic carbocycles. The van der Waals surface area contributed by atoms with Gasteiger partial charge in [0.25, 0.3) is 0 Å². The summed E-state index contributed by atoms with van der Waals surface area (Å²) in [6.07, 6.45) is 2.90. The van der Waals surface area contributed by atoms with Crippen molar-refractivity contribution in [1.82, 2.24) is 4.98 Å². The van der Waals surface area contributed by atoms with Crippen LogP contribution in [0.25, 0.3) is 21.5 Å². The van der Waals surface area contributed by atoms with Crippen molar-refractivity contribution >= 4 is 72.1 Å². The summed E-state index contributed by atoms with van der Waals surface area (Å²) in [7, 11) is 4.18. The van der Waals surface area contributed by atoms with Crippen molar-refractivity contribution in [3.05, 3.63) is 108 Å². The molecule has 6 aromatic rings. The Hall–Kier alpha value is -4.75. The highest BCUT2D eigenvalue weighted by atomic mass is 32.1. The minimum absolute atomic E-state index is 0.394. The van der Waals surface area contributed by atoms with E-state index in [1.165, 1.54) is 5.56 Å². The molecule has 1 heterocycles. The zero-order valence-electron chi connectivity index (χ0n) is 25.2. The molecule has 7 heteroatoms. The zero-order chi connectivity index (χ0) is 29.9. The van der Waals surface area contributed by atoms with Gasteiger partial charge in [-0.25, -0.2) is 4.98 Å². The Morgan fingerprint density at radius 1 is 0.767 bits per heavy atom. The van der Waals surface area contributed by atoms with Crippen LogP contribution in [0.4, 0.5) is 39.3 Å². The lowest BCUT2D eigenvalue weighted by molar-refractivity contribution is 0.765. The van der Waals surface area contributed by atoms with Gasteiger partial charge in [-0.1, -0.05) is 55.5 Å². The van der Waals surface area contributed by atoms with Crippen LogP contribution in [0.2, 0.25) is 0 Å². The zero-order valence-corrected chi connectivity index (χ0v) is 26.1. The van der Waals surface area contributed by atoms with Crippen LogP contribution in [0.5, 0.6) is 0 Å². The van der Waals surface area contributed by atoms with Gasteiger partial charge in [-0.2, -0.15) is 0 Å². The number of rotatable bonds is 9. The van der Waals surface area contributed by atoms with Gasteiger partial charge in [0.05, 0.1) is 11.4 Å². The number of fused-ring (bicyclic) bond motifs is 2. The minimum Gasteiger partial charge on any atom is -0.382 e. The Bertz CT molecular complexity index is 1910. The molecule has 1 N–H and O–H groups in total. The van der Waals surface area contributed by atoms with Gasteiger partial charge in [0.2, 0.25) is 0 Å². The molecule has 0 saturated heterocycles. The van der Waals surface area contributed by atoms with E-state index in [1.807, 2.05) is 11.6 Å². The summed E-state index contributed by atoms with van der Waals surface area (Å²) in [5.74, 6) is 0. The predicted octanol–water partition coefficient (Wildman–Crippen LogP) is 10.9. The van der Waals surface area contributed by atoms with Gasteiger partial charge >= 0.3 is 0 Å². The maximum absolute atomic E-state index is 4.78. The summed E-state index contributed by atoms with van der Waals surface area (Å²) in [5, 5.41) is 20.6. The molecule has 1 unspecified atom stereocenters. The van der Waals surface area contributed by atoms with E-state index in [4.69, 9.17) is 10.2 Å². The highest BCUT2D eigenvalue weighted by molar-refractivity contribution is 7.13. The quantitative estimate of drug-likeness (QED) is 0.172. The maximum Gasteiger partial charge on any atom is 0.189 e. The van der Waals surface area contributed by atoms with E-state index in [1.54, 1.807) is 11.3 Å². The van der Waals surface area contributed by atoms with Crippen molar-refractivity contribution in [2.24, 2.45) is 10.2 Å². The largest absolute Gasteiger partial charge is 0.382 e. The average Bonchev–Trinajstić information content (AvgIpc) is 3.59.